The van der Waals surface area contributed by atoms with E-state index in [1.807, 2.05) is 4.68 Å². The van der Waals surface area contributed by atoms with Crippen molar-refractivity contribution in [2.45, 2.75) is 101 Å². The van der Waals surface area contributed by atoms with E-state index in [0.717, 1.165) is 38.5 Å². The van der Waals surface area contributed by atoms with Crippen molar-refractivity contribution >= 4 is 52.0 Å². The number of anilines is 3. The molecular formula is C48H56F2N14O7. The predicted octanol–water partition coefficient (Wildman–Crippen LogP) is 4.44. The molecule has 71 heavy (non-hydrogen) atoms. The minimum absolute atomic E-state index is 0.106. The van der Waals surface area contributed by atoms with Crippen LogP contribution in [0.4, 0.5) is 30.8 Å². The van der Waals surface area contributed by atoms with Gasteiger partial charge in [-0.15, -0.1) is 0 Å². The Morgan fingerprint density at radius 2 is 1.63 bits per heavy atom. The fourth-order valence-electron chi connectivity index (χ4n) is 10.5. The van der Waals surface area contributed by atoms with Crippen molar-refractivity contribution in [3.05, 3.63) is 48.2 Å². The van der Waals surface area contributed by atoms with Crippen LogP contribution < -0.4 is 26.0 Å². The van der Waals surface area contributed by atoms with Crippen molar-refractivity contribution in [1.82, 2.24) is 54.9 Å². The zero-order valence-corrected chi connectivity index (χ0v) is 39.8. The lowest BCUT2D eigenvalue weighted by molar-refractivity contribution is -0.137. The summed E-state index contributed by atoms with van der Waals surface area (Å²) in [6, 6.07) is 1.62. The number of hydrogen-bond donors (Lipinski definition) is 3. The Hall–Kier alpha value is -7.04. The molecule has 4 saturated heterocycles. The summed E-state index contributed by atoms with van der Waals surface area (Å²) in [5.41, 5.74) is 8.29. The van der Waals surface area contributed by atoms with Crippen molar-refractivity contribution in [2.75, 3.05) is 74.9 Å². The molecule has 4 amide bonds. The molecule has 11 rings (SSSR count). The van der Waals surface area contributed by atoms with Gasteiger partial charge in [-0.3, -0.25) is 24.6 Å². The molecule has 6 fully saturated rings. The summed E-state index contributed by atoms with van der Waals surface area (Å²) in [7, 11) is 0. The highest BCUT2D eigenvalue weighted by Crippen LogP contribution is 2.50. The third-order valence-corrected chi connectivity index (χ3v) is 15.3. The maximum absolute atomic E-state index is 15.4. The Morgan fingerprint density at radius 1 is 0.930 bits per heavy atom. The van der Waals surface area contributed by atoms with E-state index >= 15 is 8.78 Å². The average molecular weight is 979 g/mol. The Morgan fingerprint density at radius 3 is 2.30 bits per heavy atom. The van der Waals surface area contributed by atoms with E-state index in [9.17, 15) is 19.2 Å². The van der Waals surface area contributed by atoms with Crippen molar-refractivity contribution < 1.29 is 42.0 Å². The first-order chi connectivity index (χ1) is 34.1. The molecule has 23 heteroatoms. The molecule has 5 aromatic rings. The smallest absolute Gasteiger partial charge is 0.410 e. The molecule has 2 saturated carbocycles. The van der Waals surface area contributed by atoms with Gasteiger partial charge in [0.05, 0.1) is 42.0 Å². The second kappa shape index (κ2) is 18.0. The van der Waals surface area contributed by atoms with Crippen LogP contribution in [0.1, 0.15) is 83.8 Å². The van der Waals surface area contributed by atoms with Crippen molar-refractivity contribution in [2.24, 2.45) is 5.92 Å². The third-order valence-electron chi connectivity index (χ3n) is 15.3. The van der Waals surface area contributed by atoms with Crippen molar-refractivity contribution in [3.8, 4) is 28.5 Å². The number of aromatic nitrogens is 7. The van der Waals surface area contributed by atoms with E-state index in [1.54, 1.807) is 22.2 Å². The number of hydrogen-bond acceptors (Lipinski definition) is 17. The van der Waals surface area contributed by atoms with Crippen LogP contribution in [0, 0.1) is 17.6 Å². The lowest BCUT2D eigenvalue weighted by Crippen LogP contribution is -2.59. The lowest BCUT2D eigenvalue weighted by Gasteiger charge is -2.50. The minimum atomic E-state index is -0.754. The van der Waals surface area contributed by atoms with Crippen LogP contribution in [0.5, 0.6) is 5.75 Å². The van der Waals surface area contributed by atoms with Gasteiger partial charge < -0.3 is 39.7 Å². The number of nitrogen functional groups attached to an aromatic ring is 1. The summed E-state index contributed by atoms with van der Waals surface area (Å²) >= 11 is 0. The molecular weight excluding hydrogens is 923 g/mol. The largest absolute Gasteiger partial charge is 0.483 e. The van der Waals surface area contributed by atoms with Crippen LogP contribution in [0.25, 0.3) is 33.8 Å². The van der Waals surface area contributed by atoms with Gasteiger partial charge in [0.15, 0.2) is 41.2 Å². The fourth-order valence-corrected chi connectivity index (χ4v) is 10.5. The first kappa shape index (κ1) is 46.3. The number of imide groups is 1. The van der Waals surface area contributed by atoms with Gasteiger partial charge in [-0.25, -0.2) is 38.2 Å². The minimum Gasteiger partial charge on any atom is -0.483 e. The normalized spacial score (nSPS) is 21.0. The maximum Gasteiger partial charge on any atom is 0.410 e. The number of piperidine rings is 2. The molecule has 1 unspecified atom stereocenters. The number of piperazine rings is 1. The Labute approximate surface area is 406 Å². The van der Waals surface area contributed by atoms with Gasteiger partial charge >= 0.3 is 6.09 Å². The number of rotatable bonds is 13. The van der Waals surface area contributed by atoms with Gasteiger partial charge in [0, 0.05) is 62.8 Å². The molecule has 4 aromatic heterocycles. The Kier molecular flexibility index (Phi) is 11.7. The molecule has 21 nitrogen and oxygen atoms in total. The summed E-state index contributed by atoms with van der Waals surface area (Å²) in [5, 5.41) is 15.1. The topological polar surface area (TPSA) is 245 Å². The number of nitrogens with two attached hydrogens (primary N) is 1. The monoisotopic (exact) mass is 978 g/mol. The summed E-state index contributed by atoms with van der Waals surface area (Å²) < 4.78 is 50.1. The lowest BCUT2D eigenvalue weighted by atomic mass is 9.78. The zero-order valence-electron chi connectivity index (χ0n) is 39.8. The van der Waals surface area contributed by atoms with Crippen LogP contribution >= 0.6 is 0 Å². The number of likely N-dealkylation sites (tertiary alicyclic amines) is 2. The van der Waals surface area contributed by atoms with Gasteiger partial charge in [0.1, 0.15) is 41.4 Å². The highest BCUT2D eigenvalue weighted by molar-refractivity contribution is 6.02. The number of nitrogens with one attached hydrogen (secondary N) is 2. The number of halogens is 2. The maximum atomic E-state index is 15.4. The van der Waals surface area contributed by atoms with E-state index in [0.29, 0.717) is 90.4 Å². The Bertz CT molecular complexity index is 2880. The van der Waals surface area contributed by atoms with Crippen LogP contribution in [-0.4, -0.2) is 150 Å². The van der Waals surface area contributed by atoms with E-state index in [2.05, 4.69) is 61.4 Å². The van der Waals surface area contributed by atoms with E-state index in [4.69, 9.17) is 24.8 Å². The first-order valence-corrected chi connectivity index (χ1v) is 24.4. The van der Waals surface area contributed by atoms with Gasteiger partial charge in [0.2, 0.25) is 11.8 Å². The second-order valence-electron chi connectivity index (χ2n) is 20.4. The van der Waals surface area contributed by atoms with Gasteiger partial charge in [0.25, 0.3) is 5.91 Å². The van der Waals surface area contributed by atoms with Crippen molar-refractivity contribution in [3.63, 3.8) is 0 Å². The van der Waals surface area contributed by atoms with E-state index in [1.165, 1.54) is 23.4 Å². The molecule has 1 atom stereocenters. The second-order valence-corrected chi connectivity index (χ2v) is 20.4. The summed E-state index contributed by atoms with van der Waals surface area (Å²) in [5.74, 6) is -0.335. The molecule has 0 spiro atoms. The predicted molar refractivity (Wildman–Crippen MR) is 252 cm³/mol. The number of ether oxygens (including phenoxy) is 2. The standard InChI is InChI=1S/C48H56F2N14O7/c1-47(2,63-16-14-61(15-17-63)40-31(49)18-28(19-32(40)50)56-33-6-7-34(65)57-45(33)67)27-8-12-60(13-9-27)35(66)24-69-46(68)62-22-30(23-62)70-29-20-52-43(53-21-29)36-39(59-71-41(36)26-4-5-26)38-37-42(51)54-25-55-44(37)64(58-38)48(3)10-11-48/h18-21,25-27,30,33,56H,4-17,22-24H2,1-3H3,(H2,51,54,55)(H,57,65,67). The molecule has 2 aliphatic carbocycles. The van der Waals surface area contributed by atoms with Crippen LogP contribution in [0.3, 0.4) is 0 Å². The molecule has 6 aliphatic rings. The van der Waals surface area contributed by atoms with Crippen molar-refractivity contribution in [1.29, 1.82) is 0 Å². The molecule has 4 N–H and O–H groups in total. The number of amides is 4. The van der Waals surface area contributed by atoms with Crippen LogP contribution in [-0.2, 0) is 24.7 Å². The quantitative estimate of drug-likeness (QED) is 0.138. The zero-order chi connectivity index (χ0) is 49.3. The van der Waals surface area contributed by atoms with Gasteiger partial charge in [-0.05, 0) is 83.8 Å². The number of fused-ring (bicyclic) bond motifs is 1. The highest BCUT2D eigenvalue weighted by Gasteiger charge is 2.45. The Balaban J connectivity index is 0.629. The average Bonchev–Trinajstić information content (AvgIpc) is 4.25. The van der Waals surface area contributed by atoms with E-state index in [-0.39, 0.29) is 84.7 Å². The molecule has 0 bridgehead atoms. The molecule has 8 heterocycles. The third kappa shape index (κ3) is 8.92. The number of benzene rings is 1. The van der Waals surface area contributed by atoms with E-state index < -0.39 is 29.7 Å². The molecule has 0 radical (unpaired) electrons. The molecule has 1 aromatic carbocycles. The fraction of sp³-hybridized carbons (Fsp3) is 0.542. The number of carbonyl (C=O) groups is 4. The van der Waals surface area contributed by atoms with Crippen LogP contribution in [0.15, 0.2) is 35.4 Å². The number of carbonyl (C=O) groups excluding carboxylic acids is 4. The summed E-state index contributed by atoms with van der Waals surface area (Å²) in [6.07, 6.45) is 9.44. The molecule has 374 valence electrons. The molecule has 4 aliphatic heterocycles. The highest BCUT2D eigenvalue weighted by atomic mass is 19.1. The van der Waals surface area contributed by atoms with Crippen LogP contribution in [0.2, 0.25) is 0 Å². The summed E-state index contributed by atoms with van der Waals surface area (Å²) in [4.78, 5) is 75.2. The number of nitrogens with zero attached hydrogens (tertiary/aromatic N) is 11. The van der Waals surface area contributed by atoms with Gasteiger partial charge in [-0.2, -0.15) is 5.10 Å². The SMILES string of the molecule is CC(C)(C1CCN(C(=O)COC(=O)N2CC(Oc3cnc(-c4c(-c5nn(C6(C)CC6)c6ncnc(N)c56)noc4C4CC4)nc3)C2)CC1)N1CCN(c2c(F)cc(NC3CCC(=O)NC3=O)cc2F)CC1. The first-order valence-electron chi connectivity index (χ1n) is 24.4. The van der Waals surface area contributed by atoms with Gasteiger partial charge in [-0.1, -0.05) is 5.16 Å². The summed E-state index contributed by atoms with van der Waals surface area (Å²) in [6.45, 7) is 9.70.